The molecule has 1 saturated heterocycles. The van der Waals surface area contributed by atoms with Crippen molar-refractivity contribution in [2.45, 2.75) is 32.7 Å². The highest BCUT2D eigenvalue weighted by molar-refractivity contribution is 5.81. The molecule has 1 rings (SSSR count). The molecule has 0 spiro atoms. The number of hydrogen-bond donors (Lipinski definition) is 2. The Morgan fingerprint density at radius 1 is 1.33 bits per heavy atom. The van der Waals surface area contributed by atoms with Gasteiger partial charge in [-0.2, -0.15) is 0 Å². The van der Waals surface area contributed by atoms with E-state index in [0.29, 0.717) is 6.54 Å². The fourth-order valence-electron chi connectivity index (χ4n) is 2.40. The van der Waals surface area contributed by atoms with Crippen LogP contribution in [0, 0.1) is 0 Å². The SMILES string of the molecule is CCNC(=O)C(C)N1CCCN(CCCN)CC1. The number of rotatable bonds is 6. The summed E-state index contributed by atoms with van der Waals surface area (Å²) < 4.78 is 0. The van der Waals surface area contributed by atoms with Crippen LogP contribution in [0.4, 0.5) is 0 Å². The second kappa shape index (κ2) is 8.45. The Bertz CT molecular complexity index is 247. The van der Waals surface area contributed by atoms with Crippen molar-refractivity contribution in [2.75, 3.05) is 45.8 Å². The Labute approximate surface area is 111 Å². The van der Waals surface area contributed by atoms with Gasteiger partial charge in [0.25, 0.3) is 0 Å². The molecule has 0 aromatic carbocycles. The number of carbonyl (C=O) groups excluding carboxylic acids is 1. The number of nitrogens with one attached hydrogen (secondary N) is 1. The molecule has 1 aliphatic rings. The predicted octanol–water partition coefficient (Wildman–Crippen LogP) is -0.132. The number of hydrogen-bond acceptors (Lipinski definition) is 4. The quantitative estimate of drug-likeness (QED) is 0.695. The summed E-state index contributed by atoms with van der Waals surface area (Å²) in [6.07, 6.45) is 2.19. The summed E-state index contributed by atoms with van der Waals surface area (Å²) in [6, 6.07) is -0.0144. The minimum atomic E-state index is -0.0144. The van der Waals surface area contributed by atoms with Crippen molar-refractivity contribution >= 4 is 5.91 Å². The smallest absolute Gasteiger partial charge is 0.237 e. The van der Waals surface area contributed by atoms with Crippen LogP contribution in [0.25, 0.3) is 0 Å². The molecule has 18 heavy (non-hydrogen) atoms. The average Bonchev–Trinajstić information content (AvgIpc) is 2.61. The summed E-state index contributed by atoms with van der Waals surface area (Å²) >= 11 is 0. The van der Waals surface area contributed by atoms with Gasteiger partial charge in [-0.25, -0.2) is 0 Å². The zero-order valence-corrected chi connectivity index (χ0v) is 11.8. The van der Waals surface area contributed by atoms with Crippen LogP contribution in [-0.2, 0) is 4.79 Å². The van der Waals surface area contributed by atoms with Crippen molar-refractivity contribution in [1.29, 1.82) is 0 Å². The van der Waals surface area contributed by atoms with Gasteiger partial charge in [-0.15, -0.1) is 0 Å². The zero-order chi connectivity index (χ0) is 13.4. The topological polar surface area (TPSA) is 61.6 Å². The fraction of sp³-hybridized carbons (Fsp3) is 0.923. The maximum atomic E-state index is 11.8. The monoisotopic (exact) mass is 256 g/mol. The van der Waals surface area contributed by atoms with E-state index in [2.05, 4.69) is 15.1 Å². The third-order valence-corrected chi connectivity index (χ3v) is 3.58. The van der Waals surface area contributed by atoms with E-state index in [1.807, 2.05) is 13.8 Å². The van der Waals surface area contributed by atoms with Crippen molar-refractivity contribution in [3.05, 3.63) is 0 Å². The van der Waals surface area contributed by atoms with Crippen LogP contribution in [0.15, 0.2) is 0 Å². The first-order chi connectivity index (χ1) is 8.69. The fourth-order valence-corrected chi connectivity index (χ4v) is 2.40. The molecule has 0 saturated carbocycles. The minimum Gasteiger partial charge on any atom is -0.355 e. The summed E-state index contributed by atoms with van der Waals surface area (Å²) in [5.41, 5.74) is 5.54. The highest BCUT2D eigenvalue weighted by Crippen LogP contribution is 2.07. The van der Waals surface area contributed by atoms with E-state index in [4.69, 9.17) is 5.73 Å². The van der Waals surface area contributed by atoms with Gasteiger partial charge >= 0.3 is 0 Å². The van der Waals surface area contributed by atoms with Crippen LogP contribution < -0.4 is 11.1 Å². The van der Waals surface area contributed by atoms with Crippen LogP contribution in [0.1, 0.15) is 26.7 Å². The first-order valence-electron chi connectivity index (χ1n) is 7.13. The van der Waals surface area contributed by atoms with Crippen LogP contribution in [-0.4, -0.2) is 67.6 Å². The minimum absolute atomic E-state index is 0.0144. The van der Waals surface area contributed by atoms with Crippen LogP contribution in [0.5, 0.6) is 0 Å². The molecule has 1 heterocycles. The second-order valence-corrected chi connectivity index (χ2v) is 4.94. The summed E-state index contributed by atoms with van der Waals surface area (Å²) in [4.78, 5) is 16.6. The molecule has 5 heteroatoms. The number of nitrogens with zero attached hydrogens (tertiary/aromatic N) is 2. The Kier molecular flexibility index (Phi) is 7.23. The van der Waals surface area contributed by atoms with Gasteiger partial charge < -0.3 is 16.0 Å². The Balaban J connectivity index is 2.38. The van der Waals surface area contributed by atoms with Crippen LogP contribution >= 0.6 is 0 Å². The lowest BCUT2D eigenvalue weighted by Gasteiger charge is -2.26. The highest BCUT2D eigenvalue weighted by Gasteiger charge is 2.23. The van der Waals surface area contributed by atoms with Crippen molar-refractivity contribution in [3.63, 3.8) is 0 Å². The molecule has 1 aliphatic heterocycles. The molecule has 1 atom stereocenters. The molecule has 0 radical (unpaired) electrons. The Hall–Kier alpha value is -0.650. The molecule has 0 aliphatic carbocycles. The molecule has 1 fully saturated rings. The molecule has 5 nitrogen and oxygen atoms in total. The van der Waals surface area contributed by atoms with Gasteiger partial charge in [0, 0.05) is 26.2 Å². The lowest BCUT2D eigenvalue weighted by Crippen LogP contribution is -2.46. The van der Waals surface area contributed by atoms with E-state index in [1.54, 1.807) is 0 Å². The molecule has 1 unspecified atom stereocenters. The largest absolute Gasteiger partial charge is 0.355 e. The molecule has 0 aromatic heterocycles. The van der Waals surface area contributed by atoms with Gasteiger partial charge in [0.2, 0.25) is 5.91 Å². The van der Waals surface area contributed by atoms with Crippen LogP contribution in [0.2, 0.25) is 0 Å². The van der Waals surface area contributed by atoms with Gasteiger partial charge in [0.1, 0.15) is 0 Å². The van der Waals surface area contributed by atoms with E-state index in [1.165, 1.54) is 0 Å². The molecule has 0 aromatic rings. The van der Waals surface area contributed by atoms with Gasteiger partial charge in [-0.3, -0.25) is 9.69 Å². The third-order valence-electron chi connectivity index (χ3n) is 3.58. The average molecular weight is 256 g/mol. The van der Waals surface area contributed by atoms with E-state index in [-0.39, 0.29) is 11.9 Å². The number of nitrogens with two attached hydrogens (primary N) is 1. The number of amides is 1. The summed E-state index contributed by atoms with van der Waals surface area (Å²) in [5.74, 6) is 0.146. The Morgan fingerprint density at radius 2 is 2.11 bits per heavy atom. The lowest BCUT2D eigenvalue weighted by atomic mass is 10.2. The molecular formula is C13H28N4O. The lowest BCUT2D eigenvalue weighted by molar-refractivity contribution is -0.125. The zero-order valence-electron chi connectivity index (χ0n) is 11.8. The maximum absolute atomic E-state index is 11.8. The first-order valence-corrected chi connectivity index (χ1v) is 7.13. The van der Waals surface area contributed by atoms with Gasteiger partial charge in [0.05, 0.1) is 6.04 Å². The normalized spacial score (nSPS) is 20.4. The van der Waals surface area contributed by atoms with E-state index in [9.17, 15) is 4.79 Å². The first kappa shape index (κ1) is 15.4. The summed E-state index contributed by atoms with van der Waals surface area (Å²) in [7, 11) is 0. The van der Waals surface area contributed by atoms with E-state index >= 15 is 0 Å². The molecule has 0 bridgehead atoms. The third kappa shape index (κ3) is 4.92. The number of likely N-dealkylation sites (N-methyl/N-ethyl adjacent to an activating group) is 1. The second-order valence-electron chi connectivity index (χ2n) is 4.94. The van der Waals surface area contributed by atoms with E-state index < -0.39 is 0 Å². The molecule has 106 valence electrons. The summed E-state index contributed by atoms with van der Waals surface area (Å²) in [6.45, 7) is 10.7. The number of carbonyl (C=O) groups is 1. The van der Waals surface area contributed by atoms with Crippen LogP contribution in [0.3, 0.4) is 0 Å². The highest BCUT2D eigenvalue weighted by atomic mass is 16.2. The molecule has 3 N–H and O–H groups in total. The van der Waals surface area contributed by atoms with Gasteiger partial charge in [0.15, 0.2) is 0 Å². The molecular weight excluding hydrogens is 228 g/mol. The van der Waals surface area contributed by atoms with E-state index in [0.717, 1.165) is 52.1 Å². The Morgan fingerprint density at radius 3 is 2.78 bits per heavy atom. The predicted molar refractivity (Wildman–Crippen MR) is 74.4 cm³/mol. The molecule has 1 amide bonds. The van der Waals surface area contributed by atoms with Crippen molar-refractivity contribution in [2.24, 2.45) is 5.73 Å². The van der Waals surface area contributed by atoms with Crippen molar-refractivity contribution in [1.82, 2.24) is 15.1 Å². The standard InChI is InChI=1S/C13H28N4O/c1-3-15-13(18)12(2)17-9-5-8-16(10-11-17)7-4-6-14/h12H,3-11,14H2,1-2H3,(H,15,18). The van der Waals surface area contributed by atoms with Gasteiger partial charge in [-0.05, 0) is 46.3 Å². The summed E-state index contributed by atoms with van der Waals surface area (Å²) in [5, 5.41) is 2.90. The van der Waals surface area contributed by atoms with Gasteiger partial charge in [-0.1, -0.05) is 0 Å². The maximum Gasteiger partial charge on any atom is 0.237 e. The van der Waals surface area contributed by atoms with Crippen molar-refractivity contribution in [3.8, 4) is 0 Å². The van der Waals surface area contributed by atoms with Crippen molar-refractivity contribution < 1.29 is 4.79 Å².